The van der Waals surface area contributed by atoms with Crippen molar-refractivity contribution >= 4 is 17.5 Å². The van der Waals surface area contributed by atoms with Crippen molar-refractivity contribution < 1.29 is 14.3 Å². The SMILES string of the molecule is COCCNC(=O)CN(C)C(=O)c1n[nH]c(C2CC2)c1N. The van der Waals surface area contributed by atoms with E-state index in [0.29, 0.717) is 24.8 Å². The van der Waals surface area contributed by atoms with Crippen LogP contribution in [-0.4, -0.2) is 60.8 Å². The van der Waals surface area contributed by atoms with Crippen LogP contribution in [0.3, 0.4) is 0 Å². The van der Waals surface area contributed by atoms with Crippen LogP contribution in [0.1, 0.15) is 34.9 Å². The average Bonchev–Trinajstić information content (AvgIpc) is 3.21. The molecule has 0 saturated heterocycles. The molecular weight excluding hydrogens is 274 g/mol. The number of H-pyrrole nitrogens is 1. The van der Waals surface area contributed by atoms with Gasteiger partial charge < -0.3 is 20.7 Å². The zero-order valence-electron chi connectivity index (χ0n) is 12.3. The molecule has 0 aromatic carbocycles. The number of nitrogens with one attached hydrogen (secondary N) is 2. The van der Waals surface area contributed by atoms with Crippen molar-refractivity contribution in [2.24, 2.45) is 0 Å². The highest BCUT2D eigenvalue weighted by atomic mass is 16.5. The van der Waals surface area contributed by atoms with E-state index >= 15 is 0 Å². The van der Waals surface area contributed by atoms with E-state index in [4.69, 9.17) is 10.5 Å². The second-order valence-electron chi connectivity index (χ2n) is 5.18. The van der Waals surface area contributed by atoms with Crippen molar-refractivity contribution in [3.8, 4) is 0 Å². The third-order valence-electron chi connectivity index (χ3n) is 3.38. The van der Waals surface area contributed by atoms with Gasteiger partial charge in [-0.15, -0.1) is 0 Å². The number of nitrogen functional groups attached to an aromatic ring is 1. The number of aromatic nitrogens is 2. The summed E-state index contributed by atoms with van der Waals surface area (Å²) in [6.45, 7) is 0.793. The number of hydrogen-bond donors (Lipinski definition) is 3. The summed E-state index contributed by atoms with van der Waals surface area (Å²) in [7, 11) is 3.10. The van der Waals surface area contributed by atoms with Crippen LogP contribution in [0.5, 0.6) is 0 Å². The van der Waals surface area contributed by atoms with E-state index in [1.165, 1.54) is 4.90 Å². The number of aromatic amines is 1. The van der Waals surface area contributed by atoms with Crippen molar-refractivity contribution in [3.05, 3.63) is 11.4 Å². The second kappa shape index (κ2) is 6.57. The molecule has 0 radical (unpaired) electrons. The van der Waals surface area contributed by atoms with Crippen LogP contribution in [0.2, 0.25) is 0 Å². The highest BCUT2D eigenvalue weighted by Crippen LogP contribution is 2.42. The van der Waals surface area contributed by atoms with Crippen LogP contribution in [0.25, 0.3) is 0 Å². The van der Waals surface area contributed by atoms with Crippen LogP contribution < -0.4 is 11.1 Å². The van der Waals surface area contributed by atoms with Gasteiger partial charge in [-0.25, -0.2) is 0 Å². The molecule has 1 aliphatic carbocycles. The Bertz CT molecular complexity index is 524. The van der Waals surface area contributed by atoms with Gasteiger partial charge in [-0.2, -0.15) is 5.10 Å². The molecule has 21 heavy (non-hydrogen) atoms. The lowest BCUT2D eigenvalue weighted by atomic mass is 10.2. The van der Waals surface area contributed by atoms with Crippen molar-refractivity contribution in [2.75, 3.05) is 39.6 Å². The van der Waals surface area contributed by atoms with E-state index in [9.17, 15) is 9.59 Å². The number of likely N-dealkylation sites (N-methyl/N-ethyl adjacent to an activating group) is 1. The fraction of sp³-hybridized carbons (Fsp3) is 0.615. The van der Waals surface area contributed by atoms with Gasteiger partial charge in [-0.1, -0.05) is 0 Å². The quantitative estimate of drug-likeness (QED) is 0.598. The van der Waals surface area contributed by atoms with E-state index < -0.39 is 0 Å². The van der Waals surface area contributed by atoms with Crippen molar-refractivity contribution in [1.82, 2.24) is 20.4 Å². The molecule has 0 aliphatic heterocycles. The Labute approximate surface area is 123 Å². The predicted molar refractivity (Wildman–Crippen MR) is 76.8 cm³/mol. The van der Waals surface area contributed by atoms with Crippen molar-refractivity contribution in [2.45, 2.75) is 18.8 Å². The minimum atomic E-state index is -0.363. The summed E-state index contributed by atoms with van der Waals surface area (Å²) >= 11 is 0. The second-order valence-corrected chi connectivity index (χ2v) is 5.18. The van der Waals surface area contributed by atoms with E-state index in [0.717, 1.165) is 18.5 Å². The van der Waals surface area contributed by atoms with Crippen LogP contribution >= 0.6 is 0 Å². The summed E-state index contributed by atoms with van der Waals surface area (Å²) in [5, 5.41) is 9.47. The summed E-state index contributed by atoms with van der Waals surface area (Å²) < 4.78 is 4.83. The molecule has 0 bridgehead atoms. The summed E-state index contributed by atoms with van der Waals surface area (Å²) in [5.74, 6) is -0.223. The Balaban J connectivity index is 1.91. The number of nitrogens with two attached hydrogens (primary N) is 1. The molecule has 8 nitrogen and oxygen atoms in total. The Kier molecular flexibility index (Phi) is 4.79. The molecule has 0 spiro atoms. The van der Waals surface area contributed by atoms with Gasteiger partial charge >= 0.3 is 0 Å². The van der Waals surface area contributed by atoms with E-state index in [1.54, 1.807) is 14.2 Å². The van der Waals surface area contributed by atoms with Gasteiger partial charge in [0.25, 0.3) is 5.91 Å². The molecule has 2 amide bonds. The van der Waals surface area contributed by atoms with Crippen LogP contribution in [0.4, 0.5) is 5.69 Å². The minimum Gasteiger partial charge on any atom is -0.395 e. The molecule has 116 valence electrons. The van der Waals surface area contributed by atoms with E-state index in [-0.39, 0.29) is 24.1 Å². The van der Waals surface area contributed by atoms with Gasteiger partial charge in [-0.3, -0.25) is 14.7 Å². The number of carbonyl (C=O) groups excluding carboxylic acids is 2. The van der Waals surface area contributed by atoms with Gasteiger partial charge in [0.15, 0.2) is 5.69 Å². The topological polar surface area (TPSA) is 113 Å². The van der Waals surface area contributed by atoms with Gasteiger partial charge in [0, 0.05) is 26.6 Å². The minimum absolute atomic E-state index is 0.0480. The standard InChI is InChI=1S/C13H21N5O3/c1-18(7-9(19)15-5-6-21-2)13(20)12-10(14)11(16-17-12)8-3-4-8/h8H,3-7,14H2,1-2H3,(H,15,19)(H,16,17). The molecule has 8 heteroatoms. The molecule has 0 unspecified atom stereocenters. The highest BCUT2D eigenvalue weighted by Gasteiger charge is 2.31. The Morgan fingerprint density at radius 2 is 2.24 bits per heavy atom. The summed E-state index contributed by atoms with van der Waals surface area (Å²) in [6, 6.07) is 0. The Hall–Kier alpha value is -2.09. The maximum absolute atomic E-state index is 12.2. The number of ether oxygens (including phenoxy) is 1. The number of anilines is 1. The maximum Gasteiger partial charge on any atom is 0.276 e. The lowest BCUT2D eigenvalue weighted by Gasteiger charge is -2.15. The van der Waals surface area contributed by atoms with E-state index in [1.807, 2.05) is 0 Å². The average molecular weight is 295 g/mol. The predicted octanol–water partition coefficient (Wildman–Crippen LogP) is -0.296. The molecule has 4 N–H and O–H groups in total. The van der Waals surface area contributed by atoms with Crippen LogP contribution in [0, 0.1) is 0 Å². The first kappa shape index (κ1) is 15.3. The van der Waals surface area contributed by atoms with Gasteiger partial charge in [0.1, 0.15) is 0 Å². The number of hydrogen-bond acceptors (Lipinski definition) is 5. The molecule has 1 heterocycles. The third kappa shape index (κ3) is 3.72. The van der Waals surface area contributed by atoms with Crippen molar-refractivity contribution in [3.63, 3.8) is 0 Å². The van der Waals surface area contributed by atoms with Crippen molar-refractivity contribution in [1.29, 1.82) is 0 Å². The van der Waals surface area contributed by atoms with Crippen LogP contribution in [0.15, 0.2) is 0 Å². The third-order valence-corrected chi connectivity index (χ3v) is 3.38. The normalized spacial score (nSPS) is 14.0. The molecule has 0 atom stereocenters. The molecule has 1 saturated carbocycles. The molecular formula is C13H21N5O3. The first-order chi connectivity index (χ1) is 10.0. The number of rotatable bonds is 7. The molecule has 1 fully saturated rings. The first-order valence-electron chi connectivity index (χ1n) is 6.89. The number of nitrogens with zero attached hydrogens (tertiary/aromatic N) is 2. The monoisotopic (exact) mass is 295 g/mol. The van der Waals surface area contributed by atoms with E-state index in [2.05, 4.69) is 15.5 Å². The Morgan fingerprint density at radius 3 is 2.86 bits per heavy atom. The fourth-order valence-corrected chi connectivity index (χ4v) is 2.03. The highest BCUT2D eigenvalue weighted by molar-refractivity contribution is 5.99. The van der Waals surface area contributed by atoms with Gasteiger partial charge in [-0.05, 0) is 12.8 Å². The largest absolute Gasteiger partial charge is 0.395 e. The lowest BCUT2D eigenvalue weighted by molar-refractivity contribution is -0.121. The zero-order chi connectivity index (χ0) is 15.4. The lowest BCUT2D eigenvalue weighted by Crippen LogP contribution is -2.39. The summed E-state index contributed by atoms with van der Waals surface area (Å²) in [4.78, 5) is 25.2. The smallest absolute Gasteiger partial charge is 0.276 e. The number of methoxy groups -OCH3 is 1. The molecule has 1 aliphatic rings. The van der Waals surface area contributed by atoms with Gasteiger partial charge in [0.2, 0.25) is 5.91 Å². The fourth-order valence-electron chi connectivity index (χ4n) is 2.03. The number of amides is 2. The molecule has 2 rings (SSSR count). The Morgan fingerprint density at radius 1 is 1.52 bits per heavy atom. The molecule has 1 aromatic rings. The van der Waals surface area contributed by atoms with Gasteiger partial charge in [0.05, 0.1) is 24.5 Å². The summed E-state index contributed by atoms with van der Waals surface area (Å²) in [6.07, 6.45) is 2.13. The maximum atomic E-state index is 12.2. The molecule has 1 aromatic heterocycles. The zero-order valence-corrected chi connectivity index (χ0v) is 12.3. The first-order valence-corrected chi connectivity index (χ1v) is 6.89. The number of carbonyl (C=O) groups is 2. The van der Waals surface area contributed by atoms with Crippen LogP contribution in [-0.2, 0) is 9.53 Å². The summed E-state index contributed by atoms with van der Waals surface area (Å²) in [5.41, 5.74) is 7.37.